The number of rotatable bonds is 5. The molecule has 2 amide bonds. The molecule has 1 atom stereocenters. The number of aromatic carboxylic acids is 1. The standard InChI is InChI=1S/C24H28ClN3O3/c1-16-14-27(20-7-5-17(6-8-20)22(29)30)23(31)28(16)21-9-11-24(15-26,12-10-21)18-3-2-4-19(25)13-18/h2-8,13,16,21H,9-12,14-15,26H2,1H3,(H,29,30). The van der Waals surface area contributed by atoms with Crippen LogP contribution in [0.25, 0.3) is 0 Å². The fraction of sp³-hybridized carbons (Fsp3) is 0.417. The van der Waals surface area contributed by atoms with E-state index in [1.54, 1.807) is 29.2 Å². The van der Waals surface area contributed by atoms with Gasteiger partial charge >= 0.3 is 12.0 Å². The number of nitrogens with zero attached hydrogens (tertiary/aromatic N) is 2. The molecule has 1 aliphatic carbocycles. The Morgan fingerprint density at radius 3 is 2.45 bits per heavy atom. The molecule has 31 heavy (non-hydrogen) atoms. The van der Waals surface area contributed by atoms with Crippen LogP contribution in [0, 0.1) is 0 Å². The van der Waals surface area contributed by atoms with Gasteiger partial charge in [0.1, 0.15) is 0 Å². The molecule has 1 unspecified atom stereocenters. The van der Waals surface area contributed by atoms with Gasteiger partial charge in [-0.1, -0.05) is 23.7 Å². The lowest BCUT2D eigenvalue weighted by molar-refractivity contribution is 0.0697. The summed E-state index contributed by atoms with van der Waals surface area (Å²) in [6.07, 6.45) is 3.62. The van der Waals surface area contributed by atoms with E-state index in [2.05, 4.69) is 13.0 Å². The van der Waals surface area contributed by atoms with Crippen LogP contribution in [0.2, 0.25) is 5.02 Å². The number of halogens is 1. The normalized spacial score (nSPS) is 26.4. The monoisotopic (exact) mass is 441 g/mol. The van der Waals surface area contributed by atoms with Crippen molar-refractivity contribution in [3.05, 3.63) is 64.7 Å². The second-order valence-corrected chi connectivity index (χ2v) is 9.16. The van der Waals surface area contributed by atoms with Crippen molar-refractivity contribution < 1.29 is 14.7 Å². The van der Waals surface area contributed by atoms with Gasteiger partial charge < -0.3 is 15.7 Å². The van der Waals surface area contributed by atoms with Crippen LogP contribution in [-0.2, 0) is 5.41 Å². The van der Waals surface area contributed by atoms with Crippen molar-refractivity contribution in [2.24, 2.45) is 5.73 Å². The minimum atomic E-state index is -0.973. The van der Waals surface area contributed by atoms with Crippen molar-refractivity contribution in [2.75, 3.05) is 18.0 Å². The lowest BCUT2D eigenvalue weighted by Crippen LogP contribution is -2.48. The van der Waals surface area contributed by atoms with Gasteiger partial charge in [0.15, 0.2) is 0 Å². The van der Waals surface area contributed by atoms with Gasteiger partial charge in [0.25, 0.3) is 0 Å². The number of anilines is 1. The number of urea groups is 1. The van der Waals surface area contributed by atoms with Crippen molar-refractivity contribution >= 4 is 29.3 Å². The van der Waals surface area contributed by atoms with Gasteiger partial charge in [0, 0.05) is 41.3 Å². The minimum Gasteiger partial charge on any atom is -0.478 e. The van der Waals surface area contributed by atoms with E-state index in [1.807, 2.05) is 23.1 Å². The Hall–Kier alpha value is -2.57. The molecule has 1 saturated carbocycles. The summed E-state index contributed by atoms with van der Waals surface area (Å²) in [7, 11) is 0. The first kappa shape index (κ1) is 21.7. The van der Waals surface area contributed by atoms with E-state index in [9.17, 15) is 9.59 Å². The van der Waals surface area contributed by atoms with Crippen LogP contribution in [0.5, 0.6) is 0 Å². The minimum absolute atomic E-state index is 0.0106. The van der Waals surface area contributed by atoms with Gasteiger partial charge in [0.05, 0.1) is 5.56 Å². The lowest BCUT2D eigenvalue weighted by Gasteiger charge is -2.43. The van der Waals surface area contributed by atoms with E-state index in [0.29, 0.717) is 13.1 Å². The van der Waals surface area contributed by atoms with Gasteiger partial charge in [-0.2, -0.15) is 0 Å². The number of carbonyl (C=O) groups is 2. The molecule has 6 nitrogen and oxygen atoms in total. The van der Waals surface area contributed by atoms with Gasteiger partial charge in [-0.3, -0.25) is 4.90 Å². The highest BCUT2D eigenvalue weighted by Crippen LogP contribution is 2.42. The average Bonchev–Trinajstić information content (AvgIpc) is 3.07. The highest BCUT2D eigenvalue weighted by molar-refractivity contribution is 6.30. The van der Waals surface area contributed by atoms with Crippen molar-refractivity contribution in [1.29, 1.82) is 0 Å². The highest BCUT2D eigenvalue weighted by Gasteiger charge is 2.44. The number of benzene rings is 2. The summed E-state index contributed by atoms with van der Waals surface area (Å²) in [4.78, 5) is 28.1. The third-order valence-corrected chi connectivity index (χ3v) is 7.17. The molecule has 1 saturated heterocycles. The van der Waals surface area contributed by atoms with Gasteiger partial charge in [-0.25, -0.2) is 9.59 Å². The maximum Gasteiger partial charge on any atom is 0.335 e. The van der Waals surface area contributed by atoms with Crippen molar-refractivity contribution in [1.82, 2.24) is 4.90 Å². The molecule has 2 fully saturated rings. The molecule has 0 spiro atoms. The predicted octanol–water partition coefficient (Wildman–Crippen LogP) is 4.51. The Kier molecular flexibility index (Phi) is 5.95. The first-order valence-electron chi connectivity index (χ1n) is 10.7. The van der Waals surface area contributed by atoms with Gasteiger partial charge in [-0.05, 0) is 74.6 Å². The highest BCUT2D eigenvalue weighted by atomic mass is 35.5. The number of hydrogen-bond acceptors (Lipinski definition) is 3. The smallest absolute Gasteiger partial charge is 0.335 e. The van der Waals surface area contributed by atoms with Gasteiger partial charge in [0.2, 0.25) is 0 Å². The SMILES string of the molecule is CC1CN(c2ccc(C(=O)O)cc2)C(=O)N1C1CCC(CN)(c2cccc(Cl)c2)CC1. The Balaban J connectivity index is 1.48. The van der Waals surface area contributed by atoms with E-state index < -0.39 is 5.97 Å². The molecule has 2 aromatic carbocycles. The van der Waals surface area contributed by atoms with Crippen molar-refractivity contribution in [3.63, 3.8) is 0 Å². The maximum atomic E-state index is 13.3. The molecule has 164 valence electrons. The van der Waals surface area contributed by atoms with Crippen LogP contribution >= 0.6 is 11.6 Å². The lowest BCUT2D eigenvalue weighted by atomic mass is 9.68. The summed E-state index contributed by atoms with van der Waals surface area (Å²) in [5.41, 5.74) is 8.26. The Morgan fingerprint density at radius 2 is 1.87 bits per heavy atom. The van der Waals surface area contributed by atoms with E-state index in [1.165, 1.54) is 5.56 Å². The average molecular weight is 442 g/mol. The molecule has 0 bridgehead atoms. The van der Waals surface area contributed by atoms with E-state index in [4.69, 9.17) is 22.4 Å². The van der Waals surface area contributed by atoms with E-state index >= 15 is 0 Å². The second kappa shape index (κ2) is 8.52. The van der Waals surface area contributed by atoms with Crippen LogP contribution in [0.3, 0.4) is 0 Å². The number of carboxylic acids is 1. The van der Waals surface area contributed by atoms with Crippen molar-refractivity contribution in [2.45, 2.75) is 50.1 Å². The fourth-order valence-electron chi connectivity index (χ4n) is 5.14. The fourth-order valence-corrected chi connectivity index (χ4v) is 5.33. The predicted molar refractivity (Wildman–Crippen MR) is 122 cm³/mol. The first-order chi connectivity index (χ1) is 14.8. The third-order valence-electron chi connectivity index (χ3n) is 6.93. The van der Waals surface area contributed by atoms with Crippen LogP contribution < -0.4 is 10.6 Å². The summed E-state index contributed by atoms with van der Waals surface area (Å²) in [5.74, 6) is -0.973. The van der Waals surface area contributed by atoms with Crippen LogP contribution in [0.15, 0.2) is 48.5 Å². The molecular formula is C24H28ClN3O3. The molecular weight excluding hydrogens is 414 g/mol. The molecule has 0 aromatic heterocycles. The Labute approximate surface area is 187 Å². The Morgan fingerprint density at radius 1 is 1.19 bits per heavy atom. The molecule has 1 heterocycles. The van der Waals surface area contributed by atoms with Crippen LogP contribution in [0.1, 0.15) is 48.5 Å². The largest absolute Gasteiger partial charge is 0.478 e. The zero-order chi connectivity index (χ0) is 22.2. The molecule has 2 aromatic rings. The molecule has 0 radical (unpaired) electrons. The zero-order valence-corrected chi connectivity index (χ0v) is 18.4. The topological polar surface area (TPSA) is 86.9 Å². The number of nitrogens with two attached hydrogens (primary N) is 1. The number of amides is 2. The summed E-state index contributed by atoms with van der Waals surface area (Å²) >= 11 is 6.22. The maximum absolute atomic E-state index is 13.3. The van der Waals surface area contributed by atoms with Crippen molar-refractivity contribution in [3.8, 4) is 0 Å². The van der Waals surface area contributed by atoms with Crippen LogP contribution in [-0.4, -0.2) is 47.2 Å². The van der Waals surface area contributed by atoms with Gasteiger partial charge in [-0.15, -0.1) is 0 Å². The molecule has 7 heteroatoms. The quantitative estimate of drug-likeness (QED) is 0.714. The summed E-state index contributed by atoms with van der Waals surface area (Å²) in [6, 6.07) is 14.7. The number of hydrogen-bond donors (Lipinski definition) is 2. The van der Waals surface area contributed by atoms with E-state index in [-0.39, 0.29) is 29.1 Å². The third kappa shape index (κ3) is 4.02. The molecule has 3 N–H and O–H groups in total. The molecule has 4 rings (SSSR count). The summed E-state index contributed by atoms with van der Waals surface area (Å²) in [5, 5.41) is 9.83. The zero-order valence-electron chi connectivity index (χ0n) is 17.6. The Bertz CT molecular complexity index is 970. The van der Waals surface area contributed by atoms with Crippen LogP contribution in [0.4, 0.5) is 10.5 Å². The summed E-state index contributed by atoms with van der Waals surface area (Å²) < 4.78 is 0. The number of carbonyl (C=O) groups excluding carboxylic acids is 1. The van der Waals surface area contributed by atoms with E-state index in [0.717, 1.165) is 36.4 Å². The molecule has 2 aliphatic rings. The molecule has 1 aliphatic heterocycles. The second-order valence-electron chi connectivity index (χ2n) is 8.73. The number of carboxylic acid groups (broad SMARTS) is 1. The summed E-state index contributed by atoms with van der Waals surface area (Å²) in [6.45, 7) is 3.23. The first-order valence-corrected chi connectivity index (χ1v) is 11.1.